The van der Waals surface area contributed by atoms with Gasteiger partial charge in [-0.25, -0.2) is 0 Å². The van der Waals surface area contributed by atoms with Crippen LogP contribution in [-0.2, 0) is 10.2 Å². The van der Waals surface area contributed by atoms with Crippen molar-refractivity contribution in [3.63, 3.8) is 0 Å². The number of carboxylic acids is 1. The average molecular weight is 580 g/mol. The summed E-state index contributed by atoms with van der Waals surface area (Å²) in [6, 6.07) is 28.5. The summed E-state index contributed by atoms with van der Waals surface area (Å²) in [6.07, 6.45) is 8.03. The first-order chi connectivity index (χ1) is 20.4. The van der Waals surface area contributed by atoms with Gasteiger partial charge in [0.15, 0.2) is 12.3 Å². The summed E-state index contributed by atoms with van der Waals surface area (Å²) in [5, 5.41) is 13.9. The minimum absolute atomic E-state index is 0. The number of hydrogen-bond acceptors (Lipinski definition) is 4. The van der Waals surface area contributed by atoms with Gasteiger partial charge in [0, 0.05) is 53.4 Å². The first-order valence-electron chi connectivity index (χ1n) is 15.0. The van der Waals surface area contributed by atoms with E-state index in [1.54, 1.807) is 7.11 Å². The third-order valence-corrected chi connectivity index (χ3v) is 9.60. The number of rotatable bonds is 7. The largest absolute Gasteiger partial charge is 1.00 e. The van der Waals surface area contributed by atoms with Crippen molar-refractivity contribution in [2.75, 3.05) is 18.6 Å². The molecule has 2 heterocycles. The van der Waals surface area contributed by atoms with E-state index in [9.17, 15) is 9.90 Å². The number of hydrogen-bond donors (Lipinski definition) is 0. The molecule has 0 amide bonds. The van der Waals surface area contributed by atoms with E-state index in [-0.39, 0.29) is 41.4 Å². The molecule has 0 aromatic heterocycles. The van der Waals surface area contributed by atoms with Gasteiger partial charge in [-0.2, -0.15) is 4.58 Å². The fourth-order valence-electron chi connectivity index (χ4n) is 7.71. The maximum atomic E-state index is 11.5. The number of carbonyl (C=O) groups excluding carboxylic acids is 1. The van der Waals surface area contributed by atoms with Gasteiger partial charge in [0.1, 0.15) is 5.75 Å². The second kappa shape index (κ2) is 11.6. The SMILES string of the molecule is COc1ccc(N2c3ccc(/C=C/C4=[N+](CCC(=O)[O-])c5ccc6ccccc6c5C4(C)C)cc3C3CCCC32)cc1.[Na+]. The molecule has 7 rings (SSSR count). The fourth-order valence-corrected chi connectivity index (χ4v) is 7.71. The van der Waals surface area contributed by atoms with E-state index in [0.29, 0.717) is 18.5 Å². The van der Waals surface area contributed by atoms with E-state index in [1.165, 1.54) is 58.1 Å². The smallest absolute Gasteiger partial charge is 0.550 e. The number of anilines is 2. The summed E-state index contributed by atoms with van der Waals surface area (Å²) >= 11 is 0. The van der Waals surface area contributed by atoms with E-state index in [1.807, 2.05) is 12.1 Å². The van der Waals surface area contributed by atoms with Gasteiger partial charge in [0.2, 0.25) is 5.69 Å². The summed E-state index contributed by atoms with van der Waals surface area (Å²) in [5.41, 5.74) is 8.25. The Labute approximate surface area is 275 Å². The number of nitrogens with zero attached hydrogens (tertiary/aromatic N) is 2. The van der Waals surface area contributed by atoms with Crippen LogP contribution in [0, 0.1) is 0 Å². The number of carboxylic acid groups (broad SMARTS) is 1. The first kappa shape index (κ1) is 29.7. The maximum Gasteiger partial charge on any atom is 1.00 e. The number of fused-ring (bicyclic) bond motifs is 6. The van der Waals surface area contributed by atoms with Crippen LogP contribution in [0.25, 0.3) is 16.8 Å². The van der Waals surface area contributed by atoms with Gasteiger partial charge in [-0.05, 0) is 97.1 Å². The summed E-state index contributed by atoms with van der Waals surface area (Å²) in [7, 11) is 1.71. The van der Waals surface area contributed by atoms with Gasteiger partial charge in [0.25, 0.3) is 0 Å². The van der Waals surface area contributed by atoms with Crippen molar-refractivity contribution >= 4 is 45.6 Å². The van der Waals surface area contributed by atoms with Crippen molar-refractivity contribution in [1.29, 1.82) is 0 Å². The topological polar surface area (TPSA) is 55.6 Å². The maximum absolute atomic E-state index is 11.5. The molecule has 2 atom stereocenters. The molecule has 212 valence electrons. The van der Waals surface area contributed by atoms with Gasteiger partial charge in [-0.15, -0.1) is 0 Å². The van der Waals surface area contributed by atoms with Crippen LogP contribution in [0.1, 0.15) is 62.1 Å². The van der Waals surface area contributed by atoms with Crippen molar-refractivity contribution in [3.8, 4) is 5.75 Å². The minimum atomic E-state index is -1.03. The van der Waals surface area contributed by atoms with Crippen molar-refractivity contribution in [2.24, 2.45) is 0 Å². The predicted octanol–water partition coefficient (Wildman–Crippen LogP) is 3.87. The molecule has 0 bridgehead atoms. The van der Waals surface area contributed by atoms with Crippen molar-refractivity contribution < 1.29 is 48.8 Å². The molecule has 6 heteroatoms. The zero-order chi connectivity index (χ0) is 29.0. The van der Waals surface area contributed by atoms with Crippen LogP contribution in [0.5, 0.6) is 5.75 Å². The zero-order valence-corrected chi connectivity index (χ0v) is 27.5. The molecule has 0 radical (unpaired) electrons. The minimum Gasteiger partial charge on any atom is -0.550 e. The van der Waals surface area contributed by atoms with E-state index >= 15 is 0 Å². The number of aliphatic carboxylic acids is 1. The summed E-state index contributed by atoms with van der Waals surface area (Å²) < 4.78 is 7.58. The Kier molecular flexibility index (Phi) is 8.01. The van der Waals surface area contributed by atoms with Crippen molar-refractivity contribution in [2.45, 2.75) is 56.9 Å². The second-order valence-electron chi connectivity index (χ2n) is 12.3. The number of benzene rings is 4. The summed E-state index contributed by atoms with van der Waals surface area (Å²) in [6.45, 7) is 4.87. The molecule has 3 aliphatic rings. The summed E-state index contributed by atoms with van der Waals surface area (Å²) in [4.78, 5) is 14.0. The molecule has 4 aromatic rings. The Hall–Kier alpha value is -3.38. The molecule has 4 aromatic carbocycles. The molecule has 1 fully saturated rings. The second-order valence-corrected chi connectivity index (χ2v) is 12.3. The Balaban J connectivity index is 0.00000329. The molecule has 2 unspecified atom stereocenters. The predicted molar refractivity (Wildman–Crippen MR) is 167 cm³/mol. The molecule has 5 nitrogen and oxygen atoms in total. The van der Waals surface area contributed by atoms with Crippen molar-refractivity contribution in [1.82, 2.24) is 0 Å². The molecular weight excluding hydrogens is 543 g/mol. The molecule has 0 spiro atoms. The van der Waals surface area contributed by atoms with Gasteiger partial charge in [-0.3, -0.25) is 0 Å². The first-order valence-corrected chi connectivity index (χ1v) is 15.0. The Morgan fingerprint density at radius 2 is 1.81 bits per heavy atom. The van der Waals surface area contributed by atoms with E-state index in [0.717, 1.165) is 17.1 Å². The fraction of sp³-hybridized carbons (Fsp3) is 0.297. The molecule has 0 N–H and O–H groups in total. The quantitative estimate of drug-likeness (QED) is 0.247. The molecule has 43 heavy (non-hydrogen) atoms. The van der Waals surface area contributed by atoms with E-state index in [4.69, 9.17) is 4.74 Å². The van der Waals surface area contributed by atoms with Crippen LogP contribution in [0.2, 0.25) is 0 Å². The average Bonchev–Trinajstić information content (AvgIpc) is 3.65. The summed E-state index contributed by atoms with van der Waals surface area (Å²) in [5.74, 6) is 0.371. The van der Waals surface area contributed by atoms with Crippen LogP contribution in [-0.4, -0.2) is 36.0 Å². The number of methoxy groups -OCH3 is 1. The van der Waals surface area contributed by atoms with Crippen LogP contribution in [0.15, 0.2) is 84.9 Å². The van der Waals surface area contributed by atoms with Crippen LogP contribution in [0.3, 0.4) is 0 Å². The van der Waals surface area contributed by atoms with Gasteiger partial charge >= 0.3 is 29.6 Å². The van der Waals surface area contributed by atoms with Crippen LogP contribution < -0.4 is 44.3 Å². The van der Waals surface area contributed by atoms with Gasteiger partial charge in [-0.1, -0.05) is 36.8 Å². The molecule has 0 saturated heterocycles. The standard InChI is InChI=1S/C37H36N2O3.Na/c1-37(2)34(38(22-21-35(40)41)33-19-13-25-7-4-5-8-28(25)36(33)37)20-12-24-11-18-32-30(23-24)29-9-6-10-31(29)39(32)26-14-16-27(42-3)17-15-26;/h4-5,7-8,11-20,23,29,31H,6,9-10,21-22H2,1-3H3;/q;+1. The van der Waals surface area contributed by atoms with Crippen LogP contribution in [0.4, 0.5) is 17.1 Å². The molecule has 2 aliphatic heterocycles. The molecule has 1 saturated carbocycles. The van der Waals surface area contributed by atoms with Gasteiger partial charge in [0.05, 0.1) is 12.5 Å². The number of carbonyl (C=O) groups is 1. The molecule has 1 aliphatic carbocycles. The normalized spacial score (nSPS) is 19.8. The Bertz CT molecular complexity index is 1770. The molecular formula is C37H36N2NaO3+. The third-order valence-electron chi connectivity index (χ3n) is 9.60. The number of allylic oxidation sites excluding steroid dienone is 1. The Morgan fingerprint density at radius 3 is 2.58 bits per heavy atom. The third kappa shape index (κ3) is 5.02. The van der Waals surface area contributed by atoms with Crippen LogP contribution >= 0.6 is 0 Å². The van der Waals surface area contributed by atoms with Gasteiger partial charge < -0.3 is 19.5 Å². The van der Waals surface area contributed by atoms with E-state index in [2.05, 4.69) is 102 Å². The monoisotopic (exact) mass is 579 g/mol. The van der Waals surface area contributed by atoms with E-state index < -0.39 is 5.97 Å². The van der Waals surface area contributed by atoms with Crippen molar-refractivity contribution in [3.05, 3.63) is 102 Å². The Morgan fingerprint density at radius 1 is 1.02 bits per heavy atom. The zero-order valence-electron chi connectivity index (χ0n) is 25.5. The number of ether oxygens (including phenoxy) is 1.